The van der Waals surface area contributed by atoms with Crippen molar-refractivity contribution in [1.82, 2.24) is 10.3 Å². The van der Waals surface area contributed by atoms with Crippen LogP contribution in [-0.4, -0.2) is 16.9 Å². The molecule has 1 aromatic heterocycles. The van der Waals surface area contributed by atoms with E-state index in [0.29, 0.717) is 12.0 Å². The summed E-state index contributed by atoms with van der Waals surface area (Å²) < 4.78 is 0. The number of carbonyl (C=O) groups excluding carboxylic acids is 1. The molecule has 0 saturated carbocycles. The van der Waals surface area contributed by atoms with Gasteiger partial charge in [0, 0.05) is 29.6 Å². The minimum atomic E-state index is -0.114. The Balaban J connectivity index is 2.31. The molecule has 3 heteroatoms. The molecule has 0 aliphatic heterocycles. The van der Waals surface area contributed by atoms with Gasteiger partial charge < -0.3 is 5.32 Å². The Morgan fingerprint density at radius 2 is 2.28 bits per heavy atom. The number of pyridine rings is 1. The number of carbonyl (C=O) groups is 1. The number of amides is 1. The molecule has 0 saturated heterocycles. The molecule has 0 bridgehead atoms. The highest BCUT2D eigenvalue weighted by Crippen LogP contribution is 2.16. The molecule has 1 heterocycles. The summed E-state index contributed by atoms with van der Waals surface area (Å²) in [7, 11) is 0. The molecule has 18 heavy (non-hydrogen) atoms. The summed E-state index contributed by atoms with van der Waals surface area (Å²) in [5.41, 5.74) is 1.44. The Bertz CT molecular complexity index is 608. The van der Waals surface area contributed by atoms with Gasteiger partial charge in [0.25, 0.3) is 5.91 Å². The fourth-order valence-electron chi connectivity index (χ4n) is 1.83. The average molecular weight is 238 g/mol. The Morgan fingerprint density at radius 3 is 3.06 bits per heavy atom. The van der Waals surface area contributed by atoms with Crippen LogP contribution in [0, 0.1) is 12.3 Å². The second-order valence-electron chi connectivity index (χ2n) is 4.16. The molecule has 1 N–H and O–H groups in total. The molecule has 1 unspecified atom stereocenters. The van der Waals surface area contributed by atoms with Gasteiger partial charge in [-0.05, 0) is 25.1 Å². The van der Waals surface area contributed by atoms with Crippen LogP contribution in [0.15, 0.2) is 36.5 Å². The van der Waals surface area contributed by atoms with Crippen molar-refractivity contribution in [1.29, 1.82) is 0 Å². The van der Waals surface area contributed by atoms with Gasteiger partial charge in [-0.2, -0.15) is 0 Å². The van der Waals surface area contributed by atoms with Crippen LogP contribution in [0.2, 0.25) is 0 Å². The van der Waals surface area contributed by atoms with E-state index >= 15 is 0 Å². The van der Waals surface area contributed by atoms with E-state index in [4.69, 9.17) is 6.42 Å². The molecule has 1 aromatic carbocycles. The van der Waals surface area contributed by atoms with Crippen LogP contribution in [-0.2, 0) is 0 Å². The molecule has 1 atom stereocenters. The van der Waals surface area contributed by atoms with Crippen LogP contribution >= 0.6 is 0 Å². The Labute approximate surface area is 106 Å². The molecule has 0 radical (unpaired) electrons. The first kappa shape index (κ1) is 12.1. The molecule has 1 amide bonds. The SMILES string of the molecule is C#CCC(C)NC(=O)c1cccc2ncccc12. The third kappa shape index (κ3) is 2.49. The third-order valence-corrected chi connectivity index (χ3v) is 2.69. The quantitative estimate of drug-likeness (QED) is 0.834. The lowest BCUT2D eigenvalue weighted by Gasteiger charge is -2.12. The van der Waals surface area contributed by atoms with E-state index in [-0.39, 0.29) is 11.9 Å². The number of rotatable bonds is 3. The van der Waals surface area contributed by atoms with Gasteiger partial charge in [-0.15, -0.1) is 12.3 Å². The van der Waals surface area contributed by atoms with Crippen molar-refractivity contribution in [3.8, 4) is 12.3 Å². The number of hydrogen-bond acceptors (Lipinski definition) is 2. The Morgan fingerprint density at radius 1 is 1.44 bits per heavy atom. The predicted octanol–water partition coefficient (Wildman–Crippen LogP) is 2.38. The van der Waals surface area contributed by atoms with E-state index in [9.17, 15) is 4.79 Å². The molecular formula is C15H14N2O. The van der Waals surface area contributed by atoms with Crippen molar-refractivity contribution in [3.63, 3.8) is 0 Å². The van der Waals surface area contributed by atoms with Gasteiger partial charge in [0.2, 0.25) is 0 Å². The molecule has 0 aliphatic carbocycles. The standard InChI is InChI=1S/C15H14N2O/c1-3-6-11(2)17-15(18)13-7-4-9-14-12(13)8-5-10-16-14/h1,4-5,7-11H,6H2,2H3,(H,17,18). The average Bonchev–Trinajstić information content (AvgIpc) is 2.38. The number of fused-ring (bicyclic) bond motifs is 1. The number of nitrogens with zero attached hydrogens (tertiary/aromatic N) is 1. The van der Waals surface area contributed by atoms with E-state index in [1.54, 1.807) is 12.3 Å². The van der Waals surface area contributed by atoms with Crippen LogP contribution in [0.1, 0.15) is 23.7 Å². The van der Waals surface area contributed by atoms with Gasteiger partial charge in [0.05, 0.1) is 5.52 Å². The first-order valence-electron chi connectivity index (χ1n) is 5.80. The van der Waals surface area contributed by atoms with Crippen LogP contribution in [0.25, 0.3) is 10.9 Å². The Hall–Kier alpha value is -2.34. The molecule has 0 fully saturated rings. The summed E-state index contributed by atoms with van der Waals surface area (Å²) in [5, 5.41) is 3.73. The lowest BCUT2D eigenvalue weighted by Crippen LogP contribution is -2.32. The normalized spacial score (nSPS) is 11.8. The second-order valence-corrected chi connectivity index (χ2v) is 4.16. The van der Waals surface area contributed by atoms with E-state index in [2.05, 4.69) is 16.2 Å². The largest absolute Gasteiger partial charge is 0.349 e. The van der Waals surface area contributed by atoms with Crippen molar-refractivity contribution in [2.24, 2.45) is 0 Å². The molecule has 3 nitrogen and oxygen atoms in total. The fourth-order valence-corrected chi connectivity index (χ4v) is 1.83. The van der Waals surface area contributed by atoms with E-state index in [1.165, 1.54) is 0 Å². The predicted molar refractivity (Wildman–Crippen MR) is 72.1 cm³/mol. The van der Waals surface area contributed by atoms with Gasteiger partial charge >= 0.3 is 0 Å². The topological polar surface area (TPSA) is 42.0 Å². The van der Waals surface area contributed by atoms with Crippen molar-refractivity contribution in [3.05, 3.63) is 42.1 Å². The lowest BCUT2D eigenvalue weighted by molar-refractivity contribution is 0.0942. The maximum absolute atomic E-state index is 12.1. The summed E-state index contributed by atoms with van der Waals surface area (Å²) in [4.78, 5) is 16.4. The highest BCUT2D eigenvalue weighted by atomic mass is 16.1. The monoisotopic (exact) mass is 238 g/mol. The van der Waals surface area contributed by atoms with Crippen LogP contribution in [0.4, 0.5) is 0 Å². The fraction of sp³-hybridized carbons (Fsp3) is 0.200. The van der Waals surface area contributed by atoms with Gasteiger partial charge in [0.1, 0.15) is 0 Å². The van der Waals surface area contributed by atoms with Crippen molar-refractivity contribution >= 4 is 16.8 Å². The molecule has 0 spiro atoms. The van der Waals surface area contributed by atoms with Crippen LogP contribution in [0.5, 0.6) is 0 Å². The lowest BCUT2D eigenvalue weighted by atomic mass is 10.1. The van der Waals surface area contributed by atoms with Gasteiger partial charge in [-0.3, -0.25) is 9.78 Å². The molecule has 2 rings (SSSR count). The van der Waals surface area contributed by atoms with Crippen molar-refractivity contribution in [2.75, 3.05) is 0 Å². The number of aromatic nitrogens is 1. The minimum Gasteiger partial charge on any atom is -0.349 e. The minimum absolute atomic E-state index is 0.0329. The van der Waals surface area contributed by atoms with Crippen LogP contribution in [0.3, 0.4) is 0 Å². The smallest absolute Gasteiger partial charge is 0.252 e. The highest BCUT2D eigenvalue weighted by Gasteiger charge is 2.12. The number of hydrogen-bond donors (Lipinski definition) is 1. The second kappa shape index (κ2) is 5.33. The van der Waals surface area contributed by atoms with Crippen LogP contribution < -0.4 is 5.32 Å². The first-order chi connectivity index (χ1) is 8.72. The first-order valence-corrected chi connectivity index (χ1v) is 5.80. The molecule has 90 valence electrons. The van der Waals surface area contributed by atoms with E-state index < -0.39 is 0 Å². The zero-order valence-corrected chi connectivity index (χ0v) is 10.2. The van der Waals surface area contributed by atoms with Gasteiger partial charge in [-0.1, -0.05) is 12.1 Å². The third-order valence-electron chi connectivity index (χ3n) is 2.69. The number of nitrogens with one attached hydrogen (secondary N) is 1. The highest BCUT2D eigenvalue weighted by molar-refractivity contribution is 6.06. The molecular weight excluding hydrogens is 224 g/mol. The summed E-state index contributed by atoms with van der Waals surface area (Å²) >= 11 is 0. The molecule has 0 aliphatic rings. The Kier molecular flexibility index (Phi) is 3.59. The van der Waals surface area contributed by atoms with Crippen molar-refractivity contribution in [2.45, 2.75) is 19.4 Å². The van der Waals surface area contributed by atoms with Gasteiger partial charge in [-0.25, -0.2) is 0 Å². The zero-order chi connectivity index (χ0) is 13.0. The number of benzene rings is 1. The molecule has 2 aromatic rings. The van der Waals surface area contributed by atoms with Gasteiger partial charge in [0.15, 0.2) is 0 Å². The summed E-state index contributed by atoms with van der Waals surface area (Å²) in [6.45, 7) is 1.89. The van der Waals surface area contributed by atoms with Crippen molar-refractivity contribution < 1.29 is 4.79 Å². The summed E-state index contributed by atoms with van der Waals surface area (Å²) in [5.74, 6) is 2.42. The van der Waals surface area contributed by atoms with E-state index in [1.807, 2.05) is 31.2 Å². The maximum atomic E-state index is 12.1. The zero-order valence-electron chi connectivity index (χ0n) is 10.2. The number of terminal acetylenes is 1. The summed E-state index contributed by atoms with van der Waals surface area (Å²) in [6, 6.07) is 9.19. The van der Waals surface area contributed by atoms with E-state index in [0.717, 1.165) is 10.9 Å². The summed E-state index contributed by atoms with van der Waals surface area (Å²) in [6.07, 6.45) is 7.46. The maximum Gasteiger partial charge on any atom is 0.252 e.